The minimum absolute atomic E-state index is 0.637. The van der Waals surface area contributed by atoms with Crippen LogP contribution in [-0.2, 0) is 0 Å². The van der Waals surface area contributed by atoms with Gasteiger partial charge in [-0.3, -0.25) is 0 Å². The van der Waals surface area contributed by atoms with Gasteiger partial charge in [0, 0.05) is 6.04 Å². The molecule has 0 aromatic carbocycles. The zero-order valence-electron chi connectivity index (χ0n) is 12.1. The molecular formula is C15H29N3. The molecule has 104 valence electrons. The van der Waals surface area contributed by atoms with E-state index in [1.54, 1.807) is 0 Å². The zero-order valence-corrected chi connectivity index (χ0v) is 12.1. The van der Waals surface area contributed by atoms with Gasteiger partial charge >= 0.3 is 0 Å². The van der Waals surface area contributed by atoms with Crippen LogP contribution in [0.2, 0.25) is 0 Å². The highest BCUT2D eigenvalue weighted by Gasteiger charge is 2.20. The molecule has 0 heterocycles. The van der Waals surface area contributed by atoms with E-state index < -0.39 is 5.54 Å². The van der Waals surface area contributed by atoms with Gasteiger partial charge in [-0.05, 0) is 52.1 Å². The summed E-state index contributed by atoms with van der Waals surface area (Å²) in [5.41, 5.74) is 5.20. The summed E-state index contributed by atoms with van der Waals surface area (Å²) in [5.74, 6) is 0. The first-order chi connectivity index (χ1) is 8.59. The molecular weight excluding hydrogens is 222 g/mol. The summed E-state index contributed by atoms with van der Waals surface area (Å²) in [4.78, 5) is 2.62. The largest absolute Gasteiger partial charge is 0.314 e. The highest BCUT2D eigenvalue weighted by molar-refractivity contribution is 5.00. The lowest BCUT2D eigenvalue weighted by Crippen LogP contribution is -2.38. The number of rotatable bonds is 7. The SMILES string of the molecule is CCN(CCCCC(C)(N)C#N)C1CCCCC1. The fourth-order valence-corrected chi connectivity index (χ4v) is 2.91. The van der Waals surface area contributed by atoms with E-state index >= 15 is 0 Å². The third-order valence-corrected chi connectivity index (χ3v) is 4.14. The Balaban J connectivity index is 2.21. The average molecular weight is 251 g/mol. The lowest BCUT2D eigenvalue weighted by atomic mass is 9.93. The average Bonchev–Trinajstić information content (AvgIpc) is 2.40. The maximum Gasteiger partial charge on any atom is 0.101 e. The molecule has 0 bridgehead atoms. The van der Waals surface area contributed by atoms with E-state index in [4.69, 9.17) is 11.0 Å². The van der Waals surface area contributed by atoms with E-state index in [1.807, 2.05) is 6.92 Å². The van der Waals surface area contributed by atoms with Crippen molar-refractivity contribution in [2.24, 2.45) is 5.73 Å². The zero-order chi connectivity index (χ0) is 13.4. The molecule has 3 heteroatoms. The van der Waals surface area contributed by atoms with Crippen LogP contribution < -0.4 is 5.73 Å². The Kier molecular flexibility index (Phi) is 6.67. The van der Waals surface area contributed by atoms with Gasteiger partial charge in [-0.2, -0.15) is 5.26 Å². The first-order valence-corrected chi connectivity index (χ1v) is 7.53. The number of nitrogens with zero attached hydrogens (tertiary/aromatic N) is 2. The molecule has 0 aromatic heterocycles. The second-order valence-electron chi connectivity index (χ2n) is 5.91. The predicted octanol–water partition coefficient (Wildman–Crippen LogP) is 3.05. The Morgan fingerprint density at radius 3 is 2.50 bits per heavy atom. The highest BCUT2D eigenvalue weighted by Crippen LogP contribution is 2.23. The second-order valence-corrected chi connectivity index (χ2v) is 5.91. The maximum absolute atomic E-state index is 8.87. The van der Waals surface area contributed by atoms with Crippen molar-refractivity contribution in [3.05, 3.63) is 0 Å². The molecule has 0 aromatic rings. The molecule has 2 N–H and O–H groups in total. The molecule has 0 saturated heterocycles. The third-order valence-electron chi connectivity index (χ3n) is 4.14. The van der Waals surface area contributed by atoms with Gasteiger partial charge in [0.1, 0.15) is 5.54 Å². The van der Waals surface area contributed by atoms with Crippen LogP contribution >= 0.6 is 0 Å². The Hall–Kier alpha value is -0.590. The molecule has 1 atom stereocenters. The first kappa shape index (κ1) is 15.5. The van der Waals surface area contributed by atoms with Crippen molar-refractivity contribution in [3.63, 3.8) is 0 Å². The number of hydrogen-bond acceptors (Lipinski definition) is 3. The van der Waals surface area contributed by atoms with E-state index in [0.29, 0.717) is 0 Å². The molecule has 1 unspecified atom stereocenters. The molecule has 1 aliphatic rings. The molecule has 0 spiro atoms. The number of unbranched alkanes of at least 4 members (excludes halogenated alkanes) is 1. The number of nitriles is 1. The number of hydrogen-bond donors (Lipinski definition) is 1. The van der Waals surface area contributed by atoms with Crippen molar-refractivity contribution >= 4 is 0 Å². The molecule has 1 rings (SSSR count). The van der Waals surface area contributed by atoms with Gasteiger partial charge < -0.3 is 10.6 Å². The van der Waals surface area contributed by atoms with Crippen molar-refractivity contribution in [2.45, 2.75) is 76.8 Å². The molecule has 0 aliphatic heterocycles. The highest BCUT2D eigenvalue weighted by atomic mass is 15.1. The van der Waals surface area contributed by atoms with Gasteiger partial charge in [-0.25, -0.2) is 0 Å². The van der Waals surface area contributed by atoms with Gasteiger partial charge in [0.25, 0.3) is 0 Å². The van der Waals surface area contributed by atoms with Crippen LogP contribution in [0.3, 0.4) is 0 Å². The van der Waals surface area contributed by atoms with Crippen LogP contribution in [0.4, 0.5) is 0 Å². The van der Waals surface area contributed by atoms with Crippen molar-refractivity contribution in [3.8, 4) is 6.07 Å². The Labute approximate surface area is 112 Å². The van der Waals surface area contributed by atoms with Gasteiger partial charge in [-0.1, -0.05) is 26.2 Å². The smallest absolute Gasteiger partial charge is 0.101 e. The van der Waals surface area contributed by atoms with Crippen molar-refractivity contribution < 1.29 is 0 Å². The summed E-state index contributed by atoms with van der Waals surface area (Å²) in [6, 6.07) is 2.98. The summed E-state index contributed by atoms with van der Waals surface area (Å²) in [5, 5.41) is 8.87. The fraction of sp³-hybridized carbons (Fsp3) is 0.933. The van der Waals surface area contributed by atoms with Crippen LogP contribution in [0.25, 0.3) is 0 Å². The Bertz CT molecular complexity index is 261. The topological polar surface area (TPSA) is 53.0 Å². The van der Waals surface area contributed by atoms with E-state index in [0.717, 1.165) is 25.4 Å². The van der Waals surface area contributed by atoms with Gasteiger partial charge in [0.15, 0.2) is 0 Å². The lowest BCUT2D eigenvalue weighted by Gasteiger charge is -2.33. The molecule has 18 heavy (non-hydrogen) atoms. The fourth-order valence-electron chi connectivity index (χ4n) is 2.91. The van der Waals surface area contributed by atoms with Crippen molar-refractivity contribution in [1.29, 1.82) is 5.26 Å². The monoisotopic (exact) mass is 251 g/mol. The van der Waals surface area contributed by atoms with Crippen LogP contribution in [0.15, 0.2) is 0 Å². The van der Waals surface area contributed by atoms with Gasteiger partial charge in [0.05, 0.1) is 6.07 Å². The van der Waals surface area contributed by atoms with E-state index in [-0.39, 0.29) is 0 Å². The first-order valence-electron chi connectivity index (χ1n) is 7.53. The molecule has 0 radical (unpaired) electrons. The van der Waals surface area contributed by atoms with Crippen LogP contribution in [0.5, 0.6) is 0 Å². The molecule has 1 aliphatic carbocycles. The van der Waals surface area contributed by atoms with Crippen LogP contribution in [0.1, 0.15) is 65.2 Å². The molecule has 3 nitrogen and oxygen atoms in total. The summed E-state index contributed by atoms with van der Waals surface area (Å²) in [6.45, 7) is 6.41. The normalized spacial score (nSPS) is 20.6. The van der Waals surface area contributed by atoms with Gasteiger partial charge in [-0.15, -0.1) is 0 Å². The summed E-state index contributed by atoms with van der Waals surface area (Å²) in [6.07, 6.45) is 10.0. The minimum Gasteiger partial charge on any atom is -0.314 e. The lowest BCUT2D eigenvalue weighted by molar-refractivity contribution is 0.160. The minimum atomic E-state index is -0.637. The summed E-state index contributed by atoms with van der Waals surface area (Å²) >= 11 is 0. The van der Waals surface area contributed by atoms with Gasteiger partial charge in [0.2, 0.25) is 0 Å². The molecule has 1 fully saturated rings. The second kappa shape index (κ2) is 7.76. The standard InChI is InChI=1S/C15H29N3/c1-3-18(14-9-5-4-6-10-14)12-8-7-11-15(2,17)13-16/h14H,3-12,17H2,1-2H3. The summed E-state index contributed by atoms with van der Waals surface area (Å²) in [7, 11) is 0. The van der Waals surface area contributed by atoms with Crippen molar-refractivity contribution in [1.82, 2.24) is 4.90 Å². The quantitative estimate of drug-likeness (QED) is 0.708. The molecule has 1 saturated carbocycles. The van der Waals surface area contributed by atoms with E-state index in [9.17, 15) is 0 Å². The maximum atomic E-state index is 8.87. The van der Waals surface area contributed by atoms with E-state index in [2.05, 4.69) is 17.9 Å². The number of nitrogens with two attached hydrogens (primary N) is 1. The van der Waals surface area contributed by atoms with Crippen LogP contribution in [0, 0.1) is 11.3 Å². The van der Waals surface area contributed by atoms with Crippen molar-refractivity contribution in [2.75, 3.05) is 13.1 Å². The Morgan fingerprint density at radius 1 is 1.28 bits per heavy atom. The van der Waals surface area contributed by atoms with E-state index in [1.165, 1.54) is 45.1 Å². The van der Waals surface area contributed by atoms with Crippen LogP contribution in [-0.4, -0.2) is 29.6 Å². The molecule has 0 amide bonds. The Morgan fingerprint density at radius 2 is 1.94 bits per heavy atom. The summed E-state index contributed by atoms with van der Waals surface area (Å²) < 4.78 is 0. The predicted molar refractivity (Wildman–Crippen MR) is 76.2 cm³/mol. The third kappa shape index (κ3) is 5.37.